The Balaban J connectivity index is 1.91. The maximum absolute atomic E-state index is 12.8. The summed E-state index contributed by atoms with van der Waals surface area (Å²) < 4.78 is 38.4. The lowest BCUT2D eigenvalue weighted by Gasteiger charge is -2.22. The van der Waals surface area contributed by atoms with E-state index in [1.165, 1.54) is 18.2 Å². The summed E-state index contributed by atoms with van der Waals surface area (Å²) in [4.78, 5) is 23.3. The Kier molecular flexibility index (Phi) is 5.94. The van der Waals surface area contributed by atoms with Crippen LogP contribution < -0.4 is 10.7 Å². The van der Waals surface area contributed by atoms with Gasteiger partial charge in [-0.15, -0.1) is 0 Å². The van der Waals surface area contributed by atoms with E-state index in [1.807, 2.05) is 5.43 Å². The number of hydrogen-bond donors (Lipinski definition) is 2. The molecule has 1 aliphatic rings. The molecule has 0 atom stereocenters. The second-order valence-corrected chi connectivity index (χ2v) is 5.59. The molecule has 2 N–H and O–H groups in total. The Morgan fingerprint density at radius 2 is 1.75 bits per heavy atom. The van der Waals surface area contributed by atoms with Gasteiger partial charge in [-0.1, -0.05) is 37.5 Å². The van der Waals surface area contributed by atoms with Gasteiger partial charge in [0.25, 0.3) is 0 Å². The Morgan fingerprint density at radius 1 is 1.08 bits per heavy atom. The van der Waals surface area contributed by atoms with E-state index < -0.39 is 23.6 Å². The van der Waals surface area contributed by atoms with Gasteiger partial charge in [0.1, 0.15) is 0 Å². The molecule has 1 aromatic carbocycles. The fourth-order valence-corrected chi connectivity index (χ4v) is 2.58. The second-order valence-electron chi connectivity index (χ2n) is 5.59. The highest BCUT2D eigenvalue weighted by Crippen LogP contribution is 2.31. The van der Waals surface area contributed by atoms with Crippen LogP contribution in [0, 0.1) is 0 Å². The number of carbonyl (C=O) groups excluding carboxylic acids is 2. The molecule has 5 nitrogen and oxygen atoms in total. The summed E-state index contributed by atoms with van der Waals surface area (Å²) in [6.07, 6.45) is 1.10. The van der Waals surface area contributed by atoms with Crippen molar-refractivity contribution in [3.05, 3.63) is 35.4 Å². The second kappa shape index (κ2) is 7.94. The zero-order valence-corrected chi connectivity index (χ0v) is 12.9. The predicted octanol–water partition coefficient (Wildman–Crippen LogP) is 2.60. The maximum Gasteiger partial charge on any atom is 0.417 e. The van der Waals surface area contributed by atoms with Crippen LogP contribution in [0.4, 0.5) is 13.2 Å². The fraction of sp³-hybridized carbons (Fsp3) is 0.438. The lowest BCUT2D eigenvalue weighted by atomic mass is 9.95. The summed E-state index contributed by atoms with van der Waals surface area (Å²) in [5, 5.41) is 6.04. The van der Waals surface area contributed by atoms with Crippen molar-refractivity contribution in [3.8, 4) is 0 Å². The molecule has 1 fully saturated rings. The van der Waals surface area contributed by atoms with Crippen LogP contribution in [0.3, 0.4) is 0 Å². The molecule has 1 saturated carbocycles. The molecule has 0 unspecified atom stereocenters. The van der Waals surface area contributed by atoms with Crippen molar-refractivity contribution in [1.29, 1.82) is 0 Å². The van der Waals surface area contributed by atoms with E-state index in [0.29, 0.717) is 0 Å². The third-order valence-electron chi connectivity index (χ3n) is 3.78. The van der Waals surface area contributed by atoms with Crippen molar-refractivity contribution in [3.63, 3.8) is 0 Å². The lowest BCUT2D eigenvalue weighted by Crippen LogP contribution is -2.44. The number of hydrazone groups is 1. The van der Waals surface area contributed by atoms with Gasteiger partial charge in [0, 0.05) is 11.6 Å². The molecule has 1 aliphatic carbocycles. The normalized spacial score (nSPS) is 16.1. The molecule has 0 aromatic heterocycles. The molecule has 130 valence electrons. The first-order chi connectivity index (χ1) is 11.4. The number of carbonyl (C=O) groups is 2. The molecule has 0 radical (unpaired) electrons. The summed E-state index contributed by atoms with van der Waals surface area (Å²) in [5.74, 6) is -1.83. The lowest BCUT2D eigenvalue weighted by molar-refractivity contribution is -0.139. The van der Waals surface area contributed by atoms with Gasteiger partial charge in [0.05, 0.1) is 11.8 Å². The Labute approximate surface area is 137 Å². The van der Waals surface area contributed by atoms with Gasteiger partial charge in [0.2, 0.25) is 0 Å². The third-order valence-corrected chi connectivity index (χ3v) is 3.78. The molecule has 0 bridgehead atoms. The Bertz CT molecular complexity index is 623. The van der Waals surface area contributed by atoms with E-state index in [0.717, 1.165) is 44.4 Å². The van der Waals surface area contributed by atoms with Crippen LogP contribution in [0.25, 0.3) is 0 Å². The molecular formula is C16H18F3N3O2. The largest absolute Gasteiger partial charge is 0.417 e. The van der Waals surface area contributed by atoms with Crippen LogP contribution in [-0.2, 0) is 15.8 Å². The molecule has 1 aromatic rings. The number of halogens is 3. The van der Waals surface area contributed by atoms with Crippen LogP contribution >= 0.6 is 0 Å². The van der Waals surface area contributed by atoms with E-state index in [9.17, 15) is 22.8 Å². The number of amides is 2. The first-order valence-electron chi connectivity index (χ1n) is 7.68. The van der Waals surface area contributed by atoms with E-state index in [4.69, 9.17) is 0 Å². The number of benzene rings is 1. The van der Waals surface area contributed by atoms with Crippen molar-refractivity contribution in [2.45, 2.75) is 44.3 Å². The van der Waals surface area contributed by atoms with Crippen molar-refractivity contribution in [2.75, 3.05) is 0 Å². The molecule has 0 saturated heterocycles. The first kappa shape index (κ1) is 18.0. The van der Waals surface area contributed by atoms with Gasteiger partial charge >= 0.3 is 18.0 Å². The van der Waals surface area contributed by atoms with E-state index >= 15 is 0 Å². The Morgan fingerprint density at radius 3 is 2.42 bits per heavy atom. The van der Waals surface area contributed by atoms with Gasteiger partial charge < -0.3 is 5.32 Å². The molecule has 24 heavy (non-hydrogen) atoms. The van der Waals surface area contributed by atoms with Crippen LogP contribution in [0.15, 0.2) is 29.4 Å². The van der Waals surface area contributed by atoms with E-state index in [1.54, 1.807) is 0 Å². The number of nitrogens with one attached hydrogen (secondary N) is 2. The van der Waals surface area contributed by atoms with Crippen LogP contribution in [-0.4, -0.2) is 24.1 Å². The van der Waals surface area contributed by atoms with Crippen molar-refractivity contribution < 1.29 is 22.8 Å². The zero-order valence-electron chi connectivity index (χ0n) is 12.9. The van der Waals surface area contributed by atoms with Crippen molar-refractivity contribution >= 4 is 18.0 Å². The van der Waals surface area contributed by atoms with E-state index in [-0.39, 0.29) is 11.6 Å². The number of nitrogens with zero attached hydrogens (tertiary/aromatic N) is 1. The summed E-state index contributed by atoms with van der Waals surface area (Å²) >= 11 is 0. The minimum atomic E-state index is -4.52. The SMILES string of the molecule is O=C(N/N=C\c1ccccc1C(F)(F)F)C(=O)NC1CCCCC1. The monoisotopic (exact) mass is 341 g/mol. The van der Waals surface area contributed by atoms with Crippen LogP contribution in [0.5, 0.6) is 0 Å². The Hall–Kier alpha value is -2.38. The number of hydrogen-bond acceptors (Lipinski definition) is 3. The highest BCUT2D eigenvalue weighted by molar-refractivity contribution is 6.35. The highest BCUT2D eigenvalue weighted by Gasteiger charge is 2.32. The van der Waals surface area contributed by atoms with E-state index in [2.05, 4.69) is 10.4 Å². The highest BCUT2D eigenvalue weighted by atomic mass is 19.4. The standard InChI is InChI=1S/C16H18F3N3O2/c17-16(18,19)13-9-5-4-6-11(13)10-20-22-15(24)14(23)21-12-7-2-1-3-8-12/h4-6,9-10,12H,1-3,7-8H2,(H,21,23)(H,22,24)/b20-10-. The predicted molar refractivity (Wildman–Crippen MR) is 82.2 cm³/mol. The minimum absolute atomic E-state index is 0.0352. The molecule has 2 amide bonds. The maximum atomic E-state index is 12.8. The fourth-order valence-electron chi connectivity index (χ4n) is 2.58. The van der Waals surface area contributed by atoms with Gasteiger partial charge in [0.15, 0.2) is 0 Å². The number of rotatable bonds is 3. The minimum Gasteiger partial charge on any atom is -0.345 e. The van der Waals surface area contributed by atoms with Gasteiger partial charge in [-0.25, -0.2) is 5.43 Å². The average Bonchev–Trinajstić information content (AvgIpc) is 2.55. The molecule has 2 rings (SSSR count). The summed E-state index contributed by atoms with van der Waals surface area (Å²) in [7, 11) is 0. The topological polar surface area (TPSA) is 70.6 Å². The smallest absolute Gasteiger partial charge is 0.345 e. The summed E-state index contributed by atoms with van der Waals surface area (Å²) in [6, 6.07) is 4.79. The molecule has 8 heteroatoms. The molecule has 0 spiro atoms. The molecule has 0 heterocycles. The van der Waals surface area contributed by atoms with Crippen LogP contribution in [0.2, 0.25) is 0 Å². The summed E-state index contributed by atoms with van der Waals surface area (Å²) in [6.45, 7) is 0. The van der Waals surface area contributed by atoms with Crippen molar-refractivity contribution in [1.82, 2.24) is 10.7 Å². The van der Waals surface area contributed by atoms with Crippen LogP contribution in [0.1, 0.15) is 43.2 Å². The van der Waals surface area contributed by atoms with Gasteiger partial charge in [-0.3, -0.25) is 9.59 Å². The van der Waals surface area contributed by atoms with Gasteiger partial charge in [-0.2, -0.15) is 18.3 Å². The average molecular weight is 341 g/mol. The molecular weight excluding hydrogens is 323 g/mol. The summed E-state index contributed by atoms with van der Waals surface area (Å²) in [5.41, 5.74) is 0.888. The third kappa shape index (κ3) is 5.07. The van der Waals surface area contributed by atoms with Crippen molar-refractivity contribution in [2.24, 2.45) is 5.10 Å². The quantitative estimate of drug-likeness (QED) is 0.504. The van der Waals surface area contributed by atoms with Gasteiger partial charge in [-0.05, 0) is 18.9 Å². The first-order valence-corrected chi connectivity index (χ1v) is 7.68. The zero-order chi connectivity index (χ0) is 17.6. The number of alkyl halides is 3. The molecule has 0 aliphatic heterocycles.